The summed E-state index contributed by atoms with van der Waals surface area (Å²) in [5.74, 6) is 0.493. The van der Waals surface area contributed by atoms with Crippen molar-refractivity contribution in [1.29, 1.82) is 0 Å². The van der Waals surface area contributed by atoms with Gasteiger partial charge in [-0.15, -0.1) is 0 Å². The van der Waals surface area contributed by atoms with E-state index in [1.54, 1.807) is 6.07 Å². The molecule has 0 radical (unpaired) electrons. The minimum absolute atomic E-state index is 0.0679. The van der Waals surface area contributed by atoms with Crippen LogP contribution >= 0.6 is 0 Å². The normalized spacial score (nSPS) is 25.3. The number of hydrogen-bond donors (Lipinski definition) is 3. The highest BCUT2D eigenvalue weighted by Gasteiger charge is 2.29. The summed E-state index contributed by atoms with van der Waals surface area (Å²) >= 11 is 0. The van der Waals surface area contributed by atoms with E-state index in [-0.39, 0.29) is 23.9 Å². The van der Waals surface area contributed by atoms with Crippen LogP contribution in [-0.2, 0) is 4.79 Å². The standard InChI is InChI=1S/C24H37N5O2/c25-19-7-9-20(10-8-19)27-23(30)18-6-11-22(21(26)16-18)28-12-14-29(15-13-28)24(31)17-4-2-1-3-5-17/h6,11,16-17,19-20H,1-5,7-10,12-15,25-26H2,(H,27,30). The lowest BCUT2D eigenvalue weighted by molar-refractivity contribution is -0.136. The molecule has 31 heavy (non-hydrogen) atoms. The van der Waals surface area contributed by atoms with Gasteiger partial charge in [-0.25, -0.2) is 0 Å². The maximum atomic E-state index is 12.8. The Balaban J connectivity index is 1.31. The van der Waals surface area contributed by atoms with E-state index >= 15 is 0 Å². The van der Waals surface area contributed by atoms with Gasteiger partial charge < -0.3 is 26.6 Å². The molecule has 0 spiro atoms. The second-order valence-electron chi connectivity index (χ2n) is 9.51. The molecule has 0 bridgehead atoms. The Labute approximate surface area is 185 Å². The lowest BCUT2D eigenvalue weighted by Crippen LogP contribution is -2.50. The number of nitrogen functional groups attached to an aromatic ring is 1. The van der Waals surface area contributed by atoms with Crippen molar-refractivity contribution in [3.05, 3.63) is 23.8 Å². The molecule has 1 aromatic carbocycles. The van der Waals surface area contributed by atoms with Gasteiger partial charge in [0.15, 0.2) is 0 Å². The first-order chi connectivity index (χ1) is 15.0. The van der Waals surface area contributed by atoms with Gasteiger partial charge >= 0.3 is 0 Å². The van der Waals surface area contributed by atoms with Crippen molar-refractivity contribution in [2.75, 3.05) is 36.8 Å². The molecule has 2 saturated carbocycles. The van der Waals surface area contributed by atoms with E-state index in [2.05, 4.69) is 10.2 Å². The molecule has 2 amide bonds. The Morgan fingerprint density at radius 1 is 0.903 bits per heavy atom. The van der Waals surface area contributed by atoms with Crippen molar-refractivity contribution in [1.82, 2.24) is 10.2 Å². The van der Waals surface area contributed by atoms with E-state index in [0.29, 0.717) is 17.2 Å². The number of rotatable bonds is 4. The lowest BCUT2D eigenvalue weighted by atomic mass is 9.88. The maximum Gasteiger partial charge on any atom is 0.251 e. The predicted molar refractivity (Wildman–Crippen MR) is 124 cm³/mol. The lowest BCUT2D eigenvalue weighted by Gasteiger charge is -2.38. The summed E-state index contributed by atoms with van der Waals surface area (Å²) in [5, 5.41) is 3.12. The molecule has 7 nitrogen and oxygen atoms in total. The van der Waals surface area contributed by atoms with Crippen molar-refractivity contribution >= 4 is 23.2 Å². The van der Waals surface area contributed by atoms with Gasteiger partial charge in [-0.2, -0.15) is 0 Å². The number of piperazine rings is 1. The van der Waals surface area contributed by atoms with Crippen LogP contribution in [0, 0.1) is 5.92 Å². The van der Waals surface area contributed by atoms with Crippen molar-refractivity contribution in [2.45, 2.75) is 69.9 Å². The minimum Gasteiger partial charge on any atom is -0.397 e. The topological polar surface area (TPSA) is 105 Å². The monoisotopic (exact) mass is 427 g/mol. The SMILES string of the molecule is Nc1cc(C(=O)NC2CCC(N)CC2)ccc1N1CCN(C(=O)C2CCCCC2)CC1. The molecule has 0 atom stereocenters. The third-order valence-corrected chi connectivity index (χ3v) is 7.28. The summed E-state index contributed by atoms with van der Waals surface area (Å²) in [7, 11) is 0. The highest BCUT2D eigenvalue weighted by atomic mass is 16.2. The van der Waals surface area contributed by atoms with Crippen LogP contribution in [0.15, 0.2) is 18.2 Å². The molecule has 0 aromatic heterocycles. The van der Waals surface area contributed by atoms with E-state index in [1.165, 1.54) is 19.3 Å². The summed E-state index contributed by atoms with van der Waals surface area (Å²) in [6, 6.07) is 6.04. The molecular formula is C24H37N5O2. The molecule has 1 heterocycles. The summed E-state index contributed by atoms with van der Waals surface area (Å²) in [5.41, 5.74) is 14.5. The van der Waals surface area contributed by atoms with Crippen LogP contribution in [0.5, 0.6) is 0 Å². The molecular weight excluding hydrogens is 390 g/mol. The smallest absolute Gasteiger partial charge is 0.251 e. The minimum atomic E-state index is -0.0679. The Morgan fingerprint density at radius 3 is 2.23 bits per heavy atom. The van der Waals surface area contributed by atoms with E-state index in [1.807, 2.05) is 17.0 Å². The molecule has 4 rings (SSSR count). The zero-order valence-corrected chi connectivity index (χ0v) is 18.5. The maximum absolute atomic E-state index is 12.8. The van der Waals surface area contributed by atoms with Gasteiger partial charge in [0.25, 0.3) is 5.91 Å². The summed E-state index contributed by atoms with van der Waals surface area (Å²) in [6.07, 6.45) is 9.51. The largest absolute Gasteiger partial charge is 0.397 e. The van der Waals surface area contributed by atoms with Crippen molar-refractivity contribution in [3.63, 3.8) is 0 Å². The first kappa shape index (κ1) is 21.9. The number of amides is 2. The van der Waals surface area contributed by atoms with Gasteiger partial charge in [0, 0.05) is 49.7 Å². The fraction of sp³-hybridized carbons (Fsp3) is 0.667. The van der Waals surface area contributed by atoms with E-state index in [4.69, 9.17) is 11.5 Å². The Morgan fingerprint density at radius 2 is 1.58 bits per heavy atom. The zero-order valence-electron chi connectivity index (χ0n) is 18.5. The fourth-order valence-electron chi connectivity index (χ4n) is 5.29. The van der Waals surface area contributed by atoms with E-state index in [9.17, 15) is 9.59 Å². The van der Waals surface area contributed by atoms with Crippen LogP contribution in [0.1, 0.15) is 68.1 Å². The highest BCUT2D eigenvalue weighted by molar-refractivity contribution is 5.96. The van der Waals surface area contributed by atoms with Gasteiger partial charge in [-0.3, -0.25) is 9.59 Å². The molecule has 3 aliphatic rings. The van der Waals surface area contributed by atoms with E-state index in [0.717, 1.165) is 70.4 Å². The average Bonchev–Trinajstić information content (AvgIpc) is 2.81. The molecule has 3 fully saturated rings. The molecule has 5 N–H and O–H groups in total. The summed E-state index contributed by atoms with van der Waals surface area (Å²) in [6.45, 7) is 3.02. The van der Waals surface area contributed by atoms with Gasteiger partial charge in [0.2, 0.25) is 5.91 Å². The zero-order chi connectivity index (χ0) is 21.8. The molecule has 170 valence electrons. The molecule has 7 heteroatoms. The second kappa shape index (κ2) is 9.90. The number of nitrogens with zero attached hydrogens (tertiary/aromatic N) is 2. The Hall–Kier alpha value is -2.28. The van der Waals surface area contributed by atoms with Crippen molar-refractivity contribution in [2.24, 2.45) is 11.7 Å². The summed E-state index contributed by atoms with van der Waals surface area (Å²) < 4.78 is 0. The Kier molecular flexibility index (Phi) is 7.00. The Bertz CT molecular complexity index is 776. The third-order valence-electron chi connectivity index (χ3n) is 7.28. The first-order valence-electron chi connectivity index (χ1n) is 12.0. The average molecular weight is 428 g/mol. The predicted octanol–water partition coefficient (Wildman–Crippen LogP) is 2.50. The molecule has 0 unspecified atom stereocenters. The number of nitrogens with one attached hydrogen (secondary N) is 1. The van der Waals surface area contributed by atoms with Crippen LogP contribution in [-0.4, -0.2) is 55.0 Å². The number of carbonyl (C=O) groups excluding carboxylic acids is 2. The second-order valence-corrected chi connectivity index (χ2v) is 9.51. The van der Waals surface area contributed by atoms with Crippen LogP contribution < -0.4 is 21.7 Å². The van der Waals surface area contributed by atoms with Gasteiger partial charge in [-0.05, 0) is 56.7 Å². The number of carbonyl (C=O) groups is 2. The van der Waals surface area contributed by atoms with Gasteiger partial charge in [0.05, 0.1) is 11.4 Å². The molecule has 2 aliphatic carbocycles. The van der Waals surface area contributed by atoms with Crippen LogP contribution in [0.25, 0.3) is 0 Å². The van der Waals surface area contributed by atoms with E-state index < -0.39 is 0 Å². The first-order valence-corrected chi connectivity index (χ1v) is 12.0. The van der Waals surface area contributed by atoms with Gasteiger partial charge in [0.1, 0.15) is 0 Å². The number of nitrogens with two attached hydrogens (primary N) is 2. The number of anilines is 2. The van der Waals surface area contributed by atoms with Crippen molar-refractivity contribution in [3.8, 4) is 0 Å². The third kappa shape index (κ3) is 5.32. The van der Waals surface area contributed by atoms with Gasteiger partial charge in [-0.1, -0.05) is 19.3 Å². The molecule has 1 aliphatic heterocycles. The van der Waals surface area contributed by atoms with Crippen LogP contribution in [0.3, 0.4) is 0 Å². The fourth-order valence-corrected chi connectivity index (χ4v) is 5.29. The number of benzene rings is 1. The number of hydrogen-bond acceptors (Lipinski definition) is 5. The summed E-state index contributed by atoms with van der Waals surface area (Å²) in [4.78, 5) is 29.7. The molecule has 1 saturated heterocycles. The molecule has 1 aromatic rings. The van der Waals surface area contributed by atoms with Crippen molar-refractivity contribution < 1.29 is 9.59 Å². The van der Waals surface area contributed by atoms with Crippen LogP contribution in [0.4, 0.5) is 11.4 Å². The highest BCUT2D eigenvalue weighted by Crippen LogP contribution is 2.28. The van der Waals surface area contributed by atoms with Crippen LogP contribution in [0.2, 0.25) is 0 Å². The quantitative estimate of drug-likeness (QED) is 0.641.